The minimum absolute atomic E-state index is 0.0919. The van der Waals surface area contributed by atoms with E-state index in [4.69, 9.17) is 11.6 Å². The summed E-state index contributed by atoms with van der Waals surface area (Å²) in [4.78, 5) is 28.6. The summed E-state index contributed by atoms with van der Waals surface area (Å²) < 4.78 is 0. The SMILES string of the molecule is CC(C)Cc1ccc(NC2NC(=O)N(CC(CO)CO)C(=O)N2Cc2ccc(Cl)cc2)cc1. The topological polar surface area (TPSA) is 105 Å². The second-order valence-corrected chi connectivity index (χ2v) is 9.11. The summed E-state index contributed by atoms with van der Waals surface area (Å²) in [6, 6.07) is 13.9. The van der Waals surface area contributed by atoms with Gasteiger partial charge in [0, 0.05) is 36.4 Å². The van der Waals surface area contributed by atoms with E-state index in [-0.39, 0.29) is 26.3 Å². The van der Waals surface area contributed by atoms with E-state index in [9.17, 15) is 19.8 Å². The Labute approximate surface area is 199 Å². The Morgan fingerprint density at radius 1 is 1.00 bits per heavy atom. The summed E-state index contributed by atoms with van der Waals surface area (Å²) in [6.07, 6.45) is 0.183. The first-order valence-electron chi connectivity index (χ1n) is 11.0. The molecule has 1 heterocycles. The maximum atomic E-state index is 13.3. The Bertz CT molecular complexity index is 932. The smallest absolute Gasteiger partial charge is 0.331 e. The van der Waals surface area contributed by atoms with Crippen LogP contribution in [0.25, 0.3) is 0 Å². The van der Waals surface area contributed by atoms with Crippen LogP contribution in [0.4, 0.5) is 15.3 Å². The molecular formula is C24H31ClN4O4. The predicted octanol–water partition coefficient (Wildman–Crippen LogP) is 3.48. The number of amides is 4. The second kappa shape index (κ2) is 11.4. The number of hydrogen-bond acceptors (Lipinski definition) is 5. The molecule has 0 radical (unpaired) electrons. The van der Waals surface area contributed by atoms with E-state index in [2.05, 4.69) is 24.5 Å². The summed E-state index contributed by atoms with van der Waals surface area (Å²) in [7, 11) is 0. The first-order chi connectivity index (χ1) is 15.8. The van der Waals surface area contributed by atoms with Crippen LogP contribution >= 0.6 is 11.6 Å². The van der Waals surface area contributed by atoms with E-state index in [1.807, 2.05) is 36.4 Å². The van der Waals surface area contributed by atoms with Crippen molar-refractivity contribution >= 4 is 29.4 Å². The molecule has 178 valence electrons. The molecule has 1 aliphatic heterocycles. The van der Waals surface area contributed by atoms with Crippen LogP contribution in [0.15, 0.2) is 48.5 Å². The third kappa shape index (κ3) is 6.60. The molecule has 2 aromatic rings. The van der Waals surface area contributed by atoms with E-state index >= 15 is 0 Å². The first kappa shape index (κ1) is 24.8. The minimum Gasteiger partial charge on any atom is -0.396 e. The summed E-state index contributed by atoms with van der Waals surface area (Å²) >= 11 is 5.99. The molecular weight excluding hydrogens is 444 g/mol. The lowest BCUT2D eigenvalue weighted by atomic mass is 10.0. The van der Waals surface area contributed by atoms with Gasteiger partial charge in [-0.25, -0.2) is 14.5 Å². The standard InChI is InChI=1S/C24H31ClN4O4/c1-16(2)11-17-5-9-21(10-6-17)26-22-27-23(32)29(13-19(14-30)15-31)24(33)28(22)12-18-3-7-20(25)8-4-18/h3-10,16,19,22,26,30-31H,11-15H2,1-2H3,(H,27,32). The largest absolute Gasteiger partial charge is 0.396 e. The molecule has 2 aromatic carbocycles. The van der Waals surface area contributed by atoms with E-state index in [1.54, 1.807) is 12.1 Å². The maximum absolute atomic E-state index is 13.3. The fourth-order valence-electron chi connectivity index (χ4n) is 3.64. The lowest BCUT2D eigenvalue weighted by Gasteiger charge is -2.42. The molecule has 8 nitrogen and oxygen atoms in total. The van der Waals surface area contributed by atoms with Crippen LogP contribution in [0, 0.1) is 11.8 Å². The number of carbonyl (C=O) groups is 2. The van der Waals surface area contributed by atoms with E-state index in [1.165, 1.54) is 10.5 Å². The van der Waals surface area contributed by atoms with Crippen LogP contribution in [0.3, 0.4) is 0 Å². The van der Waals surface area contributed by atoms with Gasteiger partial charge in [-0.05, 0) is 47.7 Å². The Balaban J connectivity index is 1.82. The summed E-state index contributed by atoms with van der Waals surface area (Å²) in [6.45, 7) is 3.77. The van der Waals surface area contributed by atoms with Crippen molar-refractivity contribution in [2.45, 2.75) is 33.1 Å². The second-order valence-electron chi connectivity index (χ2n) is 8.67. The maximum Gasteiger partial charge on any atom is 0.331 e. The highest BCUT2D eigenvalue weighted by Gasteiger charge is 2.39. The van der Waals surface area contributed by atoms with Gasteiger partial charge in [0.2, 0.25) is 0 Å². The van der Waals surface area contributed by atoms with Gasteiger partial charge in [-0.3, -0.25) is 10.2 Å². The molecule has 0 spiro atoms. The molecule has 4 amide bonds. The molecule has 3 rings (SSSR count). The van der Waals surface area contributed by atoms with Gasteiger partial charge in [0.05, 0.1) is 6.54 Å². The van der Waals surface area contributed by atoms with E-state index < -0.39 is 24.3 Å². The van der Waals surface area contributed by atoms with Gasteiger partial charge in [0.1, 0.15) is 0 Å². The number of benzene rings is 2. The number of rotatable bonds is 10. The lowest BCUT2D eigenvalue weighted by Crippen LogP contribution is -2.67. The average molecular weight is 475 g/mol. The fraction of sp³-hybridized carbons (Fsp3) is 0.417. The molecule has 1 unspecified atom stereocenters. The molecule has 0 bridgehead atoms. The summed E-state index contributed by atoms with van der Waals surface area (Å²) in [5.74, 6) is -0.0725. The monoisotopic (exact) mass is 474 g/mol. The number of imide groups is 1. The summed E-state index contributed by atoms with van der Waals surface area (Å²) in [5, 5.41) is 25.5. The van der Waals surface area contributed by atoms with Crippen LogP contribution in [0.5, 0.6) is 0 Å². The zero-order valence-corrected chi connectivity index (χ0v) is 19.6. The number of urea groups is 2. The molecule has 1 fully saturated rings. The minimum atomic E-state index is -0.783. The van der Waals surface area contributed by atoms with Crippen molar-refractivity contribution in [2.75, 3.05) is 25.1 Å². The van der Waals surface area contributed by atoms with Crippen molar-refractivity contribution in [2.24, 2.45) is 11.8 Å². The van der Waals surface area contributed by atoms with Crippen LogP contribution in [-0.4, -0.2) is 58.1 Å². The van der Waals surface area contributed by atoms with Crippen LogP contribution in [0.1, 0.15) is 25.0 Å². The first-order valence-corrected chi connectivity index (χ1v) is 11.4. The van der Waals surface area contributed by atoms with Crippen molar-refractivity contribution in [3.8, 4) is 0 Å². The third-order valence-corrected chi connectivity index (χ3v) is 5.67. The van der Waals surface area contributed by atoms with Crippen molar-refractivity contribution in [1.29, 1.82) is 0 Å². The Hall–Kier alpha value is -2.81. The highest BCUT2D eigenvalue weighted by Crippen LogP contribution is 2.21. The molecule has 4 N–H and O–H groups in total. The van der Waals surface area contributed by atoms with Crippen LogP contribution in [-0.2, 0) is 13.0 Å². The van der Waals surface area contributed by atoms with Crippen molar-refractivity contribution in [1.82, 2.24) is 15.1 Å². The van der Waals surface area contributed by atoms with Gasteiger partial charge in [0.25, 0.3) is 0 Å². The number of carbonyl (C=O) groups excluding carboxylic acids is 2. The average Bonchev–Trinajstić information content (AvgIpc) is 2.79. The van der Waals surface area contributed by atoms with E-state index in [0.29, 0.717) is 10.9 Å². The van der Waals surface area contributed by atoms with Crippen LogP contribution in [0.2, 0.25) is 5.02 Å². The quantitative estimate of drug-likeness (QED) is 0.422. The number of nitrogens with zero attached hydrogens (tertiary/aromatic N) is 2. The molecule has 9 heteroatoms. The Kier molecular flexibility index (Phi) is 8.55. The van der Waals surface area contributed by atoms with Gasteiger partial charge < -0.3 is 15.5 Å². The van der Waals surface area contributed by atoms with Crippen molar-refractivity contribution in [3.63, 3.8) is 0 Å². The zero-order chi connectivity index (χ0) is 24.0. The Morgan fingerprint density at radius 2 is 1.61 bits per heavy atom. The molecule has 1 saturated heterocycles. The number of halogens is 1. The van der Waals surface area contributed by atoms with Gasteiger partial charge in [-0.1, -0.05) is 49.7 Å². The zero-order valence-electron chi connectivity index (χ0n) is 18.9. The van der Waals surface area contributed by atoms with Crippen LogP contribution < -0.4 is 10.6 Å². The van der Waals surface area contributed by atoms with Crippen molar-refractivity contribution in [3.05, 3.63) is 64.7 Å². The predicted molar refractivity (Wildman–Crippen MR) is 128 cm³/mol. The fourth-order valence-corrected chi connectivity index (χ4v) is 3.77. The van der Waals surface area contributed by atoms with Gasteiger partial charge >= 0.3 is 12.1 Å². The van der Waals surface area contributed by atoms with Crippen molar-refractivity contribution < 1.29 is 19.8 Å². The van der Waals surface area contributed by atoms with E-state index in [0.717, 1.165) is 22.6 Å². The molecule has 0 aliphatic carbocycles. The molecule has 33 heavy (non-hydrogen) atoms. The molecule has 0 saturated carbocycles. The van der Waals surface area contributed by atoms with Gasteiger partial charge in [-0.2, -0.15) is 0 Å². The number of nitrogens with one attached hydrogen (secondary N) is 2. The Morgan fingerprint density at radius 3 is 2.18 bits per heavy atom. The number of anilines is 1. The highest BCUT2D eigenvalue weighted by molar-refractivity contribution is 6.30. The molecule has 1 aliphatic rings. The lowest BCUT2D eigenvalue weighted by molar-refractivity contribution is 0.0826. The van der Waals surface area contributed by atoms with Gasteiger partial charge in [0.15, 0.2) is 6.29 Å². The highest BCUT2D eigenvalue weighted by atomic mass is 35.5. The summed E-state index contributed by atoms with van der Waals surface area (Å²) in [5.41, 5.74) is 2.81. The molecule has 1 atom stereocenters. The third-order valence-electron chi connectivity index (χ3n) is 5.42. The number of hydrogen-bond donors (Lipinski definition) is 4. The van der Waals surface area contributed by atoms with Gasteiger partial charge in [-0.15, -0.1) is 0 Å². The molecule has 0 aromatic heterocycles. The normalized spacial score (nSPS) is 16.5. The number of aliphatic hydroxyl groups excluding tert-OH is 2. The number of aliphatic hydroxyl groups is 2.